The molecule has 1 aliphatic heterocycles. The molecule has 0 aromatic carbocycles. The van der Waals surface area contributed by atoms with Gasteiger partial charge in [-0.2, -0.15) is 0 Å². The number of halogens is 1. The first-order chi connectivity index (χ1) is 6.61. The second kappa shape index (κ2) is 5.23. The molecule has 14 heavy (non-hydrogen) atoms. The Bertz CT molecular complexity index is 201. The summed E-state index contributed by atoms with van der Waals surface area (Å²) in [4.78, 5) is 4.39. The monoisotopic (exact) mass is 200 g/mol. The molecule has 1 atom stereocenters. The summed E-state index contributed by atoms with van der Waals surface area (Å²) in [6, 6.07) is 0. The van der Waals surface area contributed by atoms with Crippen molar-refractivity contribution >= 4 is 0 Å². The van der Waals surface area contributed by atoms with E-state index in [0.29, 0.717) is 6.42 Å². The van der Waals surface area contributed by atoms with Gasteiger partial charge in [-0.05, 0) is 32.3 Å². The average molecular weight is 200 g/mol. The highest BCUT2D eigenvalue weighted by Crippen LogP contribution is 2.15. The second-order valence-corrected chi connectivity index (χ2v) is 4.12. The number of hydrogen-bond donors (Lipinski definition) is 0. The molecule has 0 fully saturated rings. The van der Waals surface area contributed by atoms with Crippen molar-refractivity contribution in [3.63, 3.8) is 0 Å². The molecule has 0 radical (unpaired) electrons. The van der Waals surface area contributed by atoms with Crippen molar-refractivity contribution in [1.29, 1.82) is 0 Å². The van der Waals surface area contributed by atoms with Crippen molar-refractivity contribution in [1.82, 2.24) is 9.80 Å². The highest BCUT2D eigenvalue weighted by Gasteiger charge is 2.13. The quantitative estimate of drug-likeness (QED) is 0.686. The molecule has 0 saturated heterocycles. The van der Waals surface area contributed by atoms with Gasteiger partial charge in [0, 0.05) is 27.2 Å². The van der Waals surface area contributed by atoms with Crippen LogP contribution >= 0.6 is 0 Å². The van der Waals surface area contributed by atoms with Crippen molar-refractivity contribution in [2.24, 2.45) is 0 Å². The molecular formula is C11H21FN2. The Labute approximate surface area is 86.4 Å². The zero-order valence-electron chi connectivity index (χ0n) is 9.46. The van der Waals surface area contributed by atoms with Crippen LogP contribution in [0.25, 0.3) is 0 Å². The van der Waals surface area contributed by atoms with Gasteiger partial charge in [-0.15, -0.1) is 0 Å². The molecule has 0 N–H and O–H groups in total. The SMILES string of the molecule is CC(F)CCN(C)C1=CCCCN1C. The Morgan fingerprint density at radius 3 is 2.93 bits per heavy atom. The third-order valence-corrected chi connectivity index (χ3v) is 2.67. The lowest BCUT2D eigenvalue weighted by Crippen LogP contribution is -2.34. The van der Waals surface area contributed by atoms with E-state index in [1.807, 2.05) is 7.05 Å². The number of hydrogen-bond acceptors (Lipinski definition) is 2. The number of allylic oxidation sites excluding steroid dienone is 1. The van der Waals surface area contributed by atoms with E-state index >= 15 is 0 Å². The summed E-state index contributed by atoms with van der Waals surface area (Å²) in [5, 5.41) is 0. The summed E-state index contributed by atoms with van der Waals surface area (Å²) in [5.41, 5.74) is 0. The Hall–Kier alpha value is -0.730. The van der Waals surface area contributed by atoms with Gasteiger partial charge < -0.3 is 9.80 Å². The van der Waals surface area contributed by atoms with Crippen LogP contribution in [-0.4, -0.2) is 43.2 Å². The summed E-state index contributed by atoms with van der Waals surface area (Å²) in [6.07, 6.45) is 4.53. The molecule has 1 heterocycles. The van der Waals surface area contributed by atoms with Crippen LogP contribution < -0.4 is 0 Å². The summed E-state index contributed by atoms with van der Waals surface area (Å²) < 4.78 is 12.7. The smallest absolute Gasteiger partial charge is 0.0992 e. The zero-order chi connectivity index (χ0) is 10.6. The highest BCUT2D eigenvalue weighted by molar-refractivity contribution is 5.02. The van der Waals surface area contributed by atoms with Crippen LogP contribution in [0.5, 0.6) is 0 Å². The lowest BCUT2D eigenvalue weighted by atomic mass is 10.2. The first kappa shape index (κ1) is 11.3. The van der Waals surface area contributed by atoms with Crippen molar-refractivity contribution in [3.8, 4) is 0 Å². The van der Waals surface area contributed by atoms with Crippen LogP contribution in [0.1, 0.15) is 26.2 Å². The lowest BCUT2D eigenvalue weighted by Gasteiger charge is -2.33. The van der Waals surface area contributed by atoms with Crippen molar-refractivity contribution in [3.05, 3.63) is 11.9 Å². The maximum Gasteiger partial charge on any atom is 0.0992 e. The van der Waals surface area contributed by atoms with Gasteiger partial charge in [0.15, 0.2) is 0 Å². The number of rotatable bonds is 4. The van der Waals surface area contributed by atoms with Crippen LogP contribution in [0, 0.1) is 0 Å². The summed E-state index contributed by atoms with van der Waals surface area (Å²) in [7, 11) is 4.14. The number of nitrogens with zero attached hydrogens (tertiary/aromatic N) is 2. The predicted octanol–water partition coefficient (Wildman–Crippen LogP) is 2.23. The highest BCUT2D eigenvalue weighted by atomic mass is 19.1. The van der Waals surface area contributed by atoms with E-state index in [2.05, 4.69) is 22.9 Å². The predicted molar refractivity (Wildman–Crippen MR) is 57.8 cm³/mol. The topological polar surface area (TPSA) is 6.48 Å². The van der Waals surface area contributed by atoms with Gasteiger partial charge in [-0.25, -0.2) is 4.39 Å². The molecule has 0 aromatic heterocycles. The Balaban J connectivity index is 2.42. The van der Waals surface area contributed by atoms with Crippen molar-refractivity contribution in [2.75, 3.05) is 27.2 Å². The second-order valence-electron chi connectivity index (χ2n) is 4.12. The van der Waals surface area contributed by atoms with Crippen molar-refractivity contribution in [2.45, 2.75) is 32.4 Å². The van der Waals surface area contributed by atoms with Gasteiger partial charge in [-0.3, -0.25) is 0 Å². The average Bonchev–Trinajstić information content (AvgIpc) is 2.15. The van der Waals surface area contributed by atoms with Gasteiger partial charge in [-0.1, -0.05) is 0 Å². The third-order valence-electron chi connectivity index (χ3n) is 2.67. The normalized spacial score (nSPS) is 19.1. The fourth-order valence-electron chi connectivity index (χ4n) is 1.76. The summed E-state index contributed by atoms with van der Waals surface area (Å²) in [6.45, 7) is 3.53. The van der Waals surface area contributed by atoms with Gasteiger partial charge in [0.25, 0.3) is 0 Å². The first-order valence-electron chi connectivity index (χ1n) is 5.37. The standard InChI is InChI=1S/C11H21FN2/c1-10(12)7-9-14(3)11-6-4-5-8-13(11)2/h6,10H,4-5,7-9H2,1-3H3. The first-order valence-corrected chi connectivity index (χ1v) is 5.37. The van der Waals surface area contributed by atoms with E-state index in [1.54, 1.807) is 6.92 Å². The Morgan fingerprint density at radius 1 is 1.64 bits per heavy atom. The van der Waals surface area contributed by atoms with Gasteiger partial charge in [0.2, 0.25) is 0 Å². The fourth-order valence-corrected chi connectivity index (χ4v) is 1.76. The summed E-state index contributed by atoms with van der Waals surface area (Å²) >= 11 is 0. The molecule has 1 rings (SSSR count). The van der Waals surface area contributed by atoms with Gasteiger partial charge in [0.05, 0.1) is 12.0 Å². The largest absolute Gasteiger partial charge is 0.362 e. The Morgan fingerprint density at radius 2 is 2.36 bits per heavy atom. The maximum atomic E-state index is 12.7. The number of alkyl halides is 1. The Kier molecular flexibility index (Phi) is 4.23. The van der Waals surface area contributed by atoms with Crippen LogP contribution in [0.15, 0.2) is 11.9 Å². The van der Waals surface area contributed by atoms with E-state index in [9.17, 15) is 4.39 Å². The van der Waals surface area contributed by atoms with E-state index < -0.39 is 6.17 Å². The van der Waals surface area contributed by atoms with E-state index in [1.165, 1.54) is 12.2 Å². The molecule has 0 bridgehead atoms. The molecule has 3 heteroatoms. The minimum absolute atomic E-state index is 0.613. The molecule has 0 spiro atoms. The van der Waals surface area contributed by atoms with E-state index in [-0.39, 0.29) is 0 Å². The molecule has 0 aromatic rings. The zero-order valence-corrected chi connectivity index (χ0v) is 9.46. The lowest BCUT2D eigenvalue weighted by molar-refractivity contribution is 0.228. The fraction of sp³-hybridized carbons (Fsp3) is 0.818. The van der Waals surface area contributed by atoms with E-state index in [0.717, 1.165) is 19.5 Å². The van der Waals surface area contributed by atoms with Crippen LogP contribution in [0.4, 0.5) is 4.39 Å². The minimum atomic E-state index is -0.702. The molecule has 2 nitrogen and oxygen atoms in total. The third kappa shape index (κ3) is 3.20. The molecule has 1 aliphatic rings. The van der Waals surface area contributed by atoms with Gasteiger partial charge in [0.1, 0.15) is 0 Å². The molecule has 0 aliphatic carbocycles. The van der Waals surface area contributed by atoms with E-state index in [4.69, 9.17) is 0 Å². The van der Waals surface area contributed by atoms with Crippen LogP contribution in [-0.2, 0) is 0 Å². The molecular weight excluding hydrogens is 179 g/mol. The van der Waals surface area contributed by atoms with Crippen LogP contribution in [0.3, 0.4) is 0 Å². The molecule has 0 amide bonds. The summed E-state index contributed by atoms with van der Waals surface area (Å²) in [5.74, 6) is 1.25. The molecule has 82 valence electrons. The molecule has 1 unspecified atom stereocenters. The molecule has 0 saturated carbocycles. The van der Waals surface area contributed by atoms with Crippen LogP contribution in [0.2, 0.25) is 0 Å². The maximum absolute atomic E-state index is 12.7. The minimum Gasteiger partial charge on any atom is -0.362 e. The van der Waals surface area contributed by atoms with Gasteiger partial charge >= 0.3 is 0 Å². The van der Waals surface area contributed by atoms with Crippen molar-refractivity contribution < 1.29 is 4.39 Å².